The molecular formula is C32H35NO3. The van der Waals surface area contributed by atoms with Crippen molar-refractivity contribution in [1.29, 1.82) is 0 Å². The van der Waals surface area contributed by atoms with E-state index in [9.17, 15) is 9.59 Å². The number of aromatic nitrogens is 1. The van der Waals surface area contributed by atoms with E-state index >= 15 is 0 Å². The van der Waals surface area contributed by atoms with Crippen molar-refractivity contribution < 1.29 is 14.7 Å². The van der Waals surface area contributed by atoms with Crippen LogP contribution in [0.2, 0.25) is 0 Å². The number of rotatable bonds is 8. The molecule has 0 amide bonds. The first-order valence-electron chi connectivity index (χ1n) is 12.4. The molecule has 4 rings (SSSR count). The third-order valence-electron chi connectivity index (χ3n) is 7.39. The Bertz CT molecular complexity index is 1300. The molecule has 0 saturated carbocycles. The fourth-order valence-electron chi connectivity index (χ4n) is 4.28. The molecule has 2 atom stereocenters. The molecule has 0 fully saturated rings. The lowest BCUT2D eigenvalue weighted by Crippen LogP contribution is -2.33. The van der Waals surface area contributed by atoms with Crippen LogP contribution in [0.25, 0.3) is 10.8 Å². The van der Waals surface area contributed by atoms with Gasteiger partial charge in [0.1, 0.15) is 5.78 Å². The van der Waals surface area contributed by atoms with Gasteiger partial charge in [0.2, 0.25) is 0 Å². The smallest absolute Gasteiger partial charge is 0.313 e. The number of hydrogen-bond acceptors (Lipinski definition) is 3. The first kappa shape index (κ1) is 26.8. The molecule has 0 aliphatic carbocycles. The maximum absolute atomic E-state index is 13.0. The van der Waals surface area contributed by atoms with Gasteiger partial charge >= 0.3 is 5.97 Å². The summed E-state index contributed by atoms with van der Waals surface area (Å²) in [6.07, 6.45) is 5.49. The molecule has 0 aliphatic rings. The maximum Gasteiger partial charge on any atom is 0.313 e. The lowest BCUT2D eigenvalue weighted by atomic mass is 9.74. The van der Waals surface area contributed by atoms with Crippen LogP contribution in [0.3, 0.4) is 0 Å². The number of fused-ring (bicyclic) bond motifs is 1. The van der Waals surface area contributed by atoms with Gasteiger partial charge in [0, 0.05) is 24.2 Å². The van der Waals surface area contributed by atoms with E-state index in [-0.39, 0.29) is 5.78 Å². The zero-order valence-electron chi connectivity index (χ0n) is 21.6. The largest absolute Gasteiger partial charge is 0.481 e. The molecule has 0 saturated heterocycles. The van der Waals surface area contributed by atoms with Crippen LogP contribution in [0.4, 0.5) is 0 Å². The minimum atomic E-state index is -0.763. The Morgan fingerprint density at radius 1 is 0.750 bits per heavy atom. The number of carboxylic acids is 1. The zero-order chi connectivity index (χ0) is 26.2. The Morgan fingerprint density at radius 3 is 1.83 bits per heavy atom. The van der Waals surface area contributed by atoms with E-state index in [2.05, 4.69) is 24.9 Å². The van der Waals surface area contributed by atoms with E-state index in [0.717, 1.165) is 33.9 Å². The number of carboxylic acid groups (broad SMARTS) is 1. The van der Waals surface area contributed by atoms with Crippen molar-refractivity contribution in [2.24, 2.45) is 0 Å². The first-order chi connectivity index (χ1) is 17.2. The molecule has 0 bridgehead atoms. The Labute approximate surface area is 214 Å². The predicted molar refractivity (Wildman–Crippen MR) is 146 cm³/mol. The van der Waals surface area contributed by atoms with Crippen molar-refractivity contribution in [1.82, 2.24) is 4.98 Å². The second-order valence-electron chi connectivity index (χ2n) is 9.57. The summed E-state index contributed by atoms with van der Waals surface area (Å²) < 4.78 is 0. The van der Waals surface area contributed by atoms with Crippen LogP contribution in [-0.2, 0) is 26.8 Å². The monoisotopic (exact) mass is 481 g/mol. The van der Waals surface area contributed by atoms with Crippen LogP contribution in [0.1, 0.15) is 57.2 Å². The SMILES string of the molecule is CCC(C)(C(=O)Cc1ccc2cnccc2c1)c1ccccc1.CCC(C)(C(=O)O)c1ccccc1. The fourth-order valence-corrected chi connectivity index (χ4v) is 4.28. The molecule has 0 spiro atoms. The Hall–Kier alpha value is -3.79. The summed E-state index contributed by atoms with van der Waals surface area (Å²) in [4.78, 5) is 28.2. The number of Topliss-reactive ketones (excluding diaryl/α,β-unsaturated/α-hetero) is 1. The highest BCUT2D eigenvalue weighted by Gasteiger charge is 2.33. The van der Waals surface area contributed by atoms with Crippen molar-refractivity contribution >= 4 is 22.5 Å². The van der Waals surface area contributed by atoms with Crippen LogP contribution in [0.15, 0.2) is 97.3 Å². The van der Waals surface area contributed by atoms with E-state index in [1.807, 2.05) is 92.0 Å². The summed E-state index contributed by atoms with van der Waals surface area (Å²) in [5.41, 5.74) is 1.84. The van der Waals surface area contributed by atoms with Gasteiger partial charge in [-0.2, -0.15) is 0 Å². The lowest BCUT2D eigenvalue weighted by molar-refractivity contribution is -0.143. The topological polar surface area (TPSA) is 67.3 Å². The number of ketones is 1. The molecule has 4 aromatic rings. The average Bonchev–Trinajstić information content (AvgIpc) is 2.93. The van der Waals surface area contributed by atoms with E-state index in [4.69, 9.17) is 5.11 Å². The highest BCUT2D eigenvalue weighted by Crippen LogP contribution is 2.30. The third-order valence-corrected chi connectivity index (χ3v) is 7.39. The minimum Gasteiger partial charge on any atom is -0.481 e. The van der Waals surface area contributed by atoms with Gasteiger partial charge in [0.05, 0.1) is 10.8 Å². The zero-order valence-corrected chi connectivity index (χ0v) is 21.6. The van der Waals surface area contributed by atoms with E-state index in [1.54, 1.807) is 13.1 Å². The second kappa shape index (κ2) is 11.8. The number of aliphatic carboxylic acids is 1. The van der Waals surface area contributed by atoms with Crippen molar-refractivity contribution in [2.75, 3.05) is 0 Å². The molecule has 4 heteroatoms. The third kappa shape index (κ3) is 5.88. The van der Waals surface area contributed by atoms with Gasteiger partial charge in [-0.25, -0.2) is 0 Å². The van der Waals surface area contributed by atoms with Gasteiger partial charge in [-0.15, -0.1) is 0 Å². The molecule has 4 nitrogen and oxygen atoms in total. The van der Waals surface area contributed by atoms with Gasteiger partial charge in [-0.05, 0) is 54.8 Å². The highest BCUT2D eigenvalue weighted by atomic mass is 16.4. The average molecular weight is 482 g/mol. The summed E-state index contributed by atoms with van der Waals surface area (Å²) in [5.74, 6) is -0.499. The van der Waals surface area contributed by atoms with Crippen molar-refractivity contribution in [3.63, 3.8) is 0 Å². The molecular weight excluding hydrogens is 446 g/mol. The van der Waals surface area contributed by atoms with Gasteiger partial charge in [-0.3, -0.25) is 14.6 Å². The van der Waals surface area contributed by atoms with Crippen molar-refractivity contribution in [3.05, 3.63) is 114 Å². The summed E-state index contributed by atoms with van der Waals surface area (Å²) in [6, 6.07) is 27.6. The predicted octanol–water partition coefficient (Wildman–Crippen LogP) is 7.15. The molecule has 0 aliphatic heterocycles. The number of hydrogen-bond donors (Lipinski definition) is 1. The highest BCUT2D eigenvalue weighted by molar-refractivity contribution is 5.92. The summed E-state index contributed by atoms with van der Waals surface area (Å²) in [7, 11) is 0. The van der Waals surface area contributed by atoms with Crippen molar-refractivity contribution in [2.45, 2.75) is 57.8 Å². The standard InChI is InChI=1S/C21H21NO.C11H14O2/c1-3-21(2,19-7-5-4-6-8-19)20(23)14-16-9-10-18-15-22-12-11-17(18)13-16;1-3-11(2,10(12)13)9-7-5-4-6-8-9/h4-13,15H,3,14H2,1-2H3;4-8H,3H2,1-2H3,(H,12,13). The number of benzene rings is 3. The van der Waals surface area contributed by atoms with E-state index < -0.39 is 16.8 Å². The normalized spacial score (nSPS) is 14.1. The summed E-state index contributed by atoms with van der Waals surface area (Å²) in [5, 5.41) is 11.3. The summed E-state index contributed by atoms with van der Waals surface area (Å²) >= 11 is 0. The van der Waals surface area contributed by atoms with E-state index in [1.165, 1.54) is 0 Å². The fraction of sp³-hybridized carbons (Fsp3) is 0.281. The number of carbonyl (C=O) groups is 2. The van der Waals surface area contributed by atoms with Crippen LogP contribution in [-0.4, -0.2) is 21.8 Å². The Morgan fingerprint density at radius 2 is 1.31 bits per heavy atom. The molecule has 1 N–H and O–H groups in total. The minimum absolute atomic E-state index is 0.264. The molecule has 0 radical (unpaired) electrons. The Balaban J connectivity index is 0.000000236. The molecule has 2 unspecified atom stereocenters. The van der Waals surface area contributed by atoms with Crippen LogP contribution < -0.4 is 0 Å². The number of carbonyl (C=O) groups excluding carboxylic acids is 1. The molecule has 1 aromatic heterocycles. The van der Waals surface area contributed by atoms with E-state index in [0.29, 0.717) is 12.8 Å². The van der Waals surface area contributed by atoms with Crippen LogP contribution in [0.5, 0.6) is 0 Å². The molecule has 1 heterocycles. The number of nitrogens with zero attached hydrogens (tertiary/aromatic N) is 1. The molecule has 3 aromatic carbocycles. The quantitative estimate of drug-likeness (QED) is 0.290. The van der Waals surface area contributed by atoms with Crippen LogP contribution in [0, 0.1) is 0 Å². The van der Waals surface area contributed by atoms with Gasteiger partial charge in [0.25, 0.3) is 0 Å². The summed E-state index contributed by atoms with van der Waals surface area (Å²) in [6.45, 7) is 7.78. The molecule has 36 heavy (non-hydrogen) atoms. The number of pyridine rings is 1. The maximum atomic E-state index is 13.0. The van der Waals surface area contributed by atoms with Crippen LogP contribution >= 0.6 is 0 Å². The van der Waals surface area contributed by atoms with Gasteiger partial charge < -0.3 is 5.11 Å². The lowest BCUT2D eigenvalue weighted by Gasteiger charge is -2.27. The molecule has 186 valence electrons. The van der Waals surface area contributed by atoms with Gasteiger partial charge in [0.15, 0.2) is 0 Å². The Kier molecular flexibility index (Phi) is 8.76. The second-order valence-corrected chi connectivity index (χ2v) is 9.57. The first-order valence-corrected chi connectivity index (χ1v) is 12.4. The van der Waals surface area contributed by atoms with Crippen molar-refractivity contribution in [3.8, 4) is 0 Å². The van der Waals surface area contributed by atoms with Gasteiger partial charge in [-0.1, -0.05) is 92.7 Å².